The lowest BCUT2D eigenvalue weighted by molar-refractivity contribution is -0.132. The summed E-state index contributed by atoms with van der Waals surface area (Å²) in [7, 11) is 1.53. The van der Waals surface area contributed by atoms with Gasteiger partial charge < -0.3 is 19.3 Å². The van der Waals surface area contributed by atoms with Crippen LogP contribution in [0, 0.1) is 13.8 Å². The first kappa shape index (κ1) is 27.8. The number of carbonyl (C=O) groups is 3. The SMILES string of the molecule is CCCOc1ccc(/C(O)=C2/C(=O)C(=O)N(c3nc(C)c(C(=O)OCC)s3)C2c2ccc(OC)cc2)c(C)c1. The molecule has 0 saturated carbocycles. The van der Waals surface area contributed by atoms with E-state index in [1.165, 1.54) is 12.0 Å². The molecular formula is C29H30N2O7S. The third-order valence-electron chi connectivity index (χ3n) is 6.25. The number of hydrogen-bond donors (Lipinski definition) is 1. The molecule has 1 aromatic heterocycles. The van der Waals surface area contributed by atoms with E-state index >= 15 is 0 Å². The van der Waals surface area contributed by atoms with Gasteiger partial charge in [-0.05, 0) is 68.7 Å². The number of Topliss-reactive ketones (excluding diaryl/α,β-unsaturated/α-hetero) is 1. The molecule has 0 bridgehead atoms. The number of rotatable bonds is 9. The zero-order chi connectivity index (χ0) is 28.3. The highest BCUT2D eigenvalue weighted by Crippen LogP contribution is 2.44. The van der Waals surface area contributed by atoms with Gasteiger partial charge in [0.15, 0.2) is 5.13 Å². The highest BCUT2D eigenvalue weighted by Gasteiger charge is 2.48. The van der Waals surface area contributed by atoms with Crippen LogP contribution in [0.1, 0.15) is 58.4 Å². The van der Waals surface area contributed by atoms with E-state index in [2.05, 4.69) is 4.98 Å². The van der Waals surface area contributed by atoms with E-state index in [0.29, 0.717) is 40.5 Å². The molecule has 9 nitrogen and oxygen atoms in total. The number of methoxy groups -OCH3 is 1. The minimum absolute atomic E-state index is 0.0824. The summed E-state index contributed by atoms with van der Waals surface area (Å²) < 4.78 is 16.1. The van der Waals surface area contributed by atoms with Gasteiger partial charge in [-0.2, -0.15) is 0 Å². The molecule has 0 radical (unpaired) electrons. The second kappa shape index (κ2) is 11.7. The summed E-state index contributed by atoms with van der Waals surface area (Å²) in [5.41, 5.74) is 1.93. The van der Waals surface area contributed by atoms with Crippen LogP contribution in [-0.2, 0) is 14.3 Å². The van der Waals surface area contributed by atoms with E-state index in [1.54, 1.807) is 63.2 Å². The van der Waals surface area contributed by atoms with Gasteiger partial charge in [0.05, 0.1) is 37.6 Å². The van der Waals surface area contributed by atoms with Crippen molar-refractivity contribution >= 4 is 39.9 Å². The first-order valence-electron chi connectivity index (χ1n) is 12.5. The summed E-state index contributed by atoms with van der Waals surface area (Å²) >= 11 is 0.961. The second-order valence-electron chi connectivity index (χ2n) is 8.90. The van der Waals surface area contributed by atoms with Crippen LogP contribution in [0.15, 0.2) is 48.0 Å². The predicted molar refractivity (Wildman–Crippen MR) is 148 cm³/mol. The zero-order valence-corrected chi connectivity index (χ0v) is 23.3. The van der Waals surface area contributed by atoms with Gasteiger partial charge in [0.1, 0.15) is 22.1 Å². The fourth-order valence-corrected chi connectivity index (χ4v) is 5.35. The number of nitrogens with zero attached hydrogens (tertiary/aromatic N) is 2. The Morgan fingerprint density at radius 3 is 2.38 bits per heavy atom. The Balaban J connectivity index is 1.88. The molecule has 10 heteroatoms. The van der Waals surface area contributed by atoms with Gasteiger partial charge in [-0.3, -0.25) is 14.5 Å². The van der Waals surface area contributed by atoms with Crippen LogP contribution in [0.3, 0.4) is 0 Å². The van der Waals surface area contributed by atoms with E-state index in [4.69, 9.17) is 14.2 Å². The van der Waals surface area contributed by atoms with Gasteiger partial charge in [0.2, 0.25) is 0 Å². The highest BCUT2D eigenvalue weighted by molar-refractivity contribution is 7.17. The number of thiazole rings is 1. The lowest BCUT2D eigenvalue weighted by atomic mass is 9.94. The smallest absolute Gasteiger partial charge is 0.350 e. The number of ether oxygens (including phenoxy) is 3. The molecule has 204 valence electrons. The van der Waals surface area contributed by atoms with Crippen LogP contribution in [0.5, 0.6) is 11.5 Å². The lowest BCUT2D eigenvalue weighted by Gasteiger charge is -2.23. The van der Waals surface area contributed by atoms with Crippen molar-refractivity contribution in [3.63, 3.8) is 0 Å². The largest absolute Gasteiger partial charge is 0.507 e. The van der Waals surface area contributed by atoms with E-state index in [9.17, 15) is 19.5 Å². The van der Waals surface area contributed by atoms with Crippen molar-refractivity contribution in [2.45, 2.75) is 40.2 Å². The molecule has 1 unspecified atom stereocenters. The predicted octanol–water partition coefficient (Wildman–Crippen LogP) is 5.36. The molecule has 3 aromatic rings. The summed E-state index contributed by atoms with van der Waals surface area (Å²) in [6.07, 6.45) is 0.847. The quantitative estimate of drug-likeness (QED) is 0.164. The fraction of sp³-hybridized carbons (Fsp3) is 0.310. The summed E-state index contributed by atoms with van der Waals surface area (Å²) in [5.74, 6) is -1.36. The molecule has 4 rings (SSSR count). The number of aryl methyl sites for hydroxylation is 2. The number of anilines is 1. The first-order valence-corrected chi connectivity index (χ1v) is 13.4. The Bertz CT molecular complexity index is 1440. The normalized spacial score (nSPS) is 16.4. The molecule has 2 aromatic carbocycles. The van der Waals surface area contributed by atoms with Crippen LogP contribution in [-0.4, -0.2) is 48.1 Å². The van der Waals surface area contributed by atoms with Crippen molar-refractivity contribution in [3.8, 4) is 11.5 Å². The highest BCUT2D eigenvalue weighted by atomic mass is 32.1. The molecule has 1 fully saturated rings. The lowest BCUT2D eigenvalue weighted by Crippen LogP contribution is -2.29. The maximum absolute atomic E-state index is 13.5. The number of ketones is 1. The van der Waals surface area contributed by atoms with Gasteiger partial charge in [-0.1, -0.05) is 30.4 Å². The number of benzene rings is 2. The molecule has 1 amide bonds. The Labute approximate surface area is 230 Å². The van der Waals surface area contributed by atoms with Crippen LogP contribution >= 0.6 is 11.3 Å². The van der Waals surface area contributed by atoms with E-state index in [0.717, 1.165) is 17.8 Å². The van der Waals surface area contributed by atoms with E-state index < -0.39 is 23.7 Å². The van der Waals surface area contributed by atoms with Crippen molar-refractivity contribution in [2.75, 3.05) is 25.2 Å². The summed E-state index contributed by atoms with van der Waals surface area (Å²) in [5, 5.41) is 11.6. The number of amides is 1. The summed E-state index contributed by atoms with van der Waals surface area (Å²) in [6.45, 7) is 7.86. The van der Waals surface area contributed by atoms with Gasteiger partial charge in [0, 0.05) is 5.56 Å². The Morgan fingerprint density at radius 1 is 1.08 bits per heavy atom. The summed E-state index contributed by atoms with van der Waals surface area (Å²) in [4.78, 5) is 45.3. The minimum atomic E-state index is -0.994. The molecule has 2 heterocycles. The van der Waals surface area contributed by atoms with Crippen LogP contribution in [0.25, 0.3) is 5.76 Å². The van der Waals surface area contributed by atoms with Crippen LogP contribution in [0.2, 0.25) is 0 Å². The summed E-state index contributed by atoms with van der Waals surface area (Å²) in [6, 6.07) is 11.0. The Morgan fingerprint density at radius 2 is 1.77 bits per heavy atom. The second-order valence-corrected chi connectivity index (χ2v) is 9.88. The number of aliphatic hydroxyl groups is 1. The van der Waals surface area contributed by atoms with Crippen molar-refractivity contribution in [1.82, 2.24) is 4.98 Å². The number of carbonyl (C=O) groups excluding carboxylic acids is 3. The van der Waals surface area contributed by atoms with Gasteiger partial charge in [-0.15, -0.1) is 0 Å². The van der Waals surface area contributed by atoms with E-state index in [1.807, 2.05) is 6.92 Å². The zero-order valence-electron chi connectivity index (χ0n) is 22.4. The van der Waals surface area contributed by atoms with Crippen LogP contribution < -0.4 is 14.4 Å². The number of esters is 1. The monoisotopic (exact) mass is 550 g/mol. The van der Waals surface area contributed by atoms with Crippen molar-refractivity contribution < 1.29 is 33.7 Å². The third-order valence-corrected chi connectivity index (χ3v) is 7.39. The van der Waals surface area contributed by atoms with Crippen molar-refractivity contribution in [1.29, 1.82) is 0 Å². The molecule has 1 aliphatic heterocycles. The molecule has 1 N–H and O–H groups in total. The van der Waals surface area contributed by atoms with Crippen molar-refractivity contribution in [3.05, 3.63) is 75.3 Å². The number of hydrogen-bond acceptors (Lipinski definition) is 9. The molecule has 1 saturated heterocycles. The average molecular weight is 551 g/mol. The third kappa shape index (κ3) is 5.37. The van der Waals surface area contributed by atoms with Gasteiger partial charge in [0.25, 0.3) is 5.78 Å². The van der Waals surface area contributed by atoms with Crippen LogP contribution in [0.4, 0.5) is 5.13 Å². The van der Waals surface area contributed by atoms with Gasteiger partial charge in [-0.25, -0.2) is 9.78 Å². The van der Waals surface area contributed by atoms with Gasteiger partial charge >= 0.3 is 11.9 Å². The molecular weight excluding hydrogens is 520 g/mol. The fourth-order valence-electron chi connectivity index (χ4n) is 4.36. The standard InChI is InChI=1S/C29H30N2O7S/c1-6-14-38-20-12-13-21(16(3)15-20)24(32)22-23(18-8-10-19(36-5)11-9-18)31(27(34)25(22)33)29-30-17(4)26(39-29)28(35)37-7-2/h8-13,15,23,32H,6-7,14H2,1-5H3/b24-22-. The van der Waals surface area contributed by atoms with Crippen molar-refractivity contribution in [2.24, 2.45) is 0 Å². The topological polar surface area (TPSA) is 115 Å². The maximum atomic E-state index is 13.5. The molecule has 0 spiro atoms. The molecule has 39 heavy (non-hydrogen) atoms. The Hall–Kier alpha value is -4.18. The van der Waals surface area contributed by atoms with E-state index in [-0.39, 0.29) is 27.9 Å². The number of aliphatic hydroxyl groups excluding tert-OH is 1. The number of aromatic nitrogens is 1. The maximum Gasteiger partial charge on any atom is 0.350 e. The first-order chi connectivity index (χ1) is 18.7. The molecule has 1 atom stereocenters. The minimum Gasteiger partial charge on any atom is -0.507 e. The molecule has 1 aliphatic rings. The molecule has 0 aliphatic carbocycles. The average Bonchev–Trinajstić information content (AvgIpc) is 3.43. The Kier molecular flexibility index (Phi) is 8.35.